The highest BCUT2D eigenvalue weighted by molar-refractivity contribution is 5.21. The third-order valence-electron chi connectivity index (χ3n) is 3.41. The minimum Gasteiger partial charge on any atom is -0.316 e. The van der Waals surface area contributed by atoms with Crippen LogP contribution in [0.1, 0.15) is 18.1 Å². The van der Waals surface area contributed by atoms with Crippen molar-refractivity contribution in [2.75, 3.05) is 7.05 Å². The van der Waals surface area contributed by atoms with Crippen LogP contribution in [0, 0.1) is 11.6 Å². The average Bonchev–Trinajstić information content (AvgIpc) is 2.89. The summed E-state index contributed by atoms with van der Waals surface area (Å²) in [6.07, 6.45) is 4.75. The van der Waals surface area contributed by atoms with E-state index in [-0.39, 0.29) is 11.6 Å². The fraction of sp³-hybridized carbons (Fsp3) is 0.400. The third kappa shape index (κ3) is 3.42. The highest BCUT2D eigenvalue weighted by atomic mass is 19.1. The van der Waals surface area contributed by atoms with Crippen molar-refractivity contribution in [2.24, 2.45) is 0 Å². The minimum atomic E-state index is -0.491. The van der Waals surface area contributed by atoms with Gasteiger partial charge in [0.25, 0.3) is 0 Å². The Morgan fingerprint density at radius 2 is 1.95 bits per heavy atom. The number of aryl methyl sites for hydroxylation is 1. The molecule has 20 heavy (non-hydrogen) atoms. The Morgan fingerprint density at radius 3 is 2.50 bits per heavy atom. The Bertz CT molecular complexity index is 546. The van der Waals surface area contributed by atoms with Gasteiger partial charge >= 0.3 is 0 Å². The van der Waals surface area contributed by atoms with Crippen LogP contribution in [0.5, 0.6) is 0 Å². The predicted molar refractivity (Wildman–Crippen MR) is 74.5 cm³/mol. The summed E-state index contributed by atoms with van der Waals surface area (Å²) in [4.78, 5) is 0. The fourth-order valence-corrected chi connectivity index (χ4v) is 2.22. The summed E-state index contributed by atoms with van der Waals surface area (Å²) in [7, 11) is 1.80. The summed E-state index contributed by atoms with van der Waals surface area (Å²) in [5.74, 6) is -0.982. The van der Waals surface area contributed by atoms with E-state index in [1.54, 1.807) is 13.2 Å². The lowest BCUT2D eigenvalue weighted by molar-refractivity contribution is 0.501. The number of likely N-dealkylation sites (N-methyl/N-ethyl adjacent to an activating group) is 1. The van der Waals surface area contributed by atoms with Crippen molar-refractivity contribution in [1.82, 2.24) is 15.1 Å². The van der Waals surface area contributed by atoms with Gasteiger partial charge in [0, 0.05) is 24.3 Å². The molecule has 1 unspecified atom stereocenters. The van der Waals surface area contributed by atoms with Gasteiger partial charge in [-0.15, -0.1) is 0 Å². The Kier molecular flexibility index (Phi) is 4.84. The van der Waals surface area contributed by atoms with Crippen LogP contribution in [0.4, 0.5) is 8.78 Å². The first-order valence-corrected chi connectivity index (χ1v) is 6.75. The Balaban J connectivity index is 2.09. The molecule has 0 aliphatic carbocycles. The maximum Gasteiger partial charge on any atom is 0.129 e. The van der Waals surface area contributed by atoms with E-state index in [1.807, 2.05) is 17.8 Å². The lowest BCUT2D eigenvalue weighted by Crippen LogP contribution is -2.30. The van der Waals surface area contributed by atoms with Gasteiger partial charge in [-0.3, -0.25) is 4.68 Å². The number of aromatic nitrogens is 2. The number of nitrogens with zero attached hydrogens (tertiary/aromatic N) is 2. The van der Waals surface area contributed by atoms with E-state index >= 15 is 0 Å². The van der Waals surface area contributed by atoms with Gasteiger partial charge in [0.05, 0.1) is 6.20 Å². The molecule has 0 spiro atoms. The van der Waals surface area contributed by atoms with Crippen molar-refractivity contribution in [3.8, 4) is 0 Å². The molecular weight excluding hydrogens is 260 g/mol. The normalized spacial score (nSPS) is 12.6. The Morgan fingerprint density at radius 1 is 1.25 bits per heavy atom. The second kappa shape index (κ2) is 6.61. The van der Waals surface area contributed by atoms with Gasteiger partial charge in [-0.05, 0) is 44.5 Å². The van der Waals surface area contributed by atoms with E-state index in [0.29, 0.717) is 12.8 Å². The zero-order valence-electron chi connectivity index (χ0n) is 11.7. The van der Waals surface area contributed by atoms with E-state index in [4.69, 9.17) is 0 Å². The molecule has 0 saturated carbocycles. The molecule has 1 atom stereocenters. The molecule has 1 heterocycles. The molecule has 0 saturated heterocycles. The maximum absolute atomic E-state index is 13.7. The van der Waals surface area contributed by atoms with Crippen molar-refractivity contribution in [3.63, 3.8) is 0 Å². The lowest BCUT2D eigenvalue weighted by atomic mass is 10.00. The van der Waals surface area contributed by atoms with E-state index < -0.39 is 11.6 Å². The summed E-state index contributed by atoms with van der Waals surface area (Å²) >= 11 is 0. The van der Waals surface area contributed by atoms with Crippen LogP contribution in [0.25, 0.3) is 0 Å². The van der Waals surface area contributed by atoms with Crippen LogP contribution < -0.4 is 5.32 Å². The largest absolute Gasteiger partial charge is 0.316 e. The number of rotatable bonds is 6. The van der Waals surface area contributed by atoms with Gasteiger partial charge in [-0.25, -0.2) is 8.78 Å². The van der Waals surface area contributed by atoms with Gasteiger partial charge in [0.1, 0.15) is 11.6 Å². The molecule has 0 amide bonds. The third-order valence-corrected chi connectivity index (χ3v) is 3.41. The maximum atomic E-state index is 13.7. The summed E-state index contributed by atoms with van der Waals surface area (Å²) in [5.41, 5.74) is 1.19. The van der Waals surface area contributed by atoms with Crippen LogP contribution in [0.3, 0.4) is 0 Å². The molecule has 0 aliphatic heterocycles. The van der Waals surface area contributed by atoms with Crippen LogP contribution in [0.2, 0.25) is 0 Å². The van der Waals surface area contributed by atoms with Crippen LogP contribution in [-0.4, -0.2) is 22.9 Å². The number of benzene rings is 1. The average molecular weight is 279 g/mol. The minimum absolute atomic E-state index is 0.0316. The standard InChI is InChI=1S/C15H19F2N3/c1-3-20-10-11(9-19-20)7-12(18-2)8-13-14(16)5-4-6-15(13)17/h4-6,9-10,12,18H,3,7-8H2,1-2H3. The predicted octanol–water partition coefficient (Wildman–Crippen LogP) is 2.55. The van der Waals surface area contributed by atoms with Gasteiger partial charge in [0.2, 0.25) is 0 Å². The molecule has 1 aromatic heterocycles. The van der Waals surface area contributed by atoms with Crippen LogP contribution >= 0.6 is 0 Å². The van der Waals surface area contributed by atoms with E-state index in [9.17, 15) is 8.78 Å². The molecule has 2 rings (SSSR count). The zero-order chi connectivity index (χ0) is 14.5. The summed E-state index contributed by atoms with van der Waals surface area (Å²) in [5, 5.41) is 7.32. The number of nitrogens with one attached hydrogen (secondary N) is 1. The molecular formula is C15H19F2N3. The second-order valence-corrected chi connectivity index (χ2v) is 4.80. The topological polar surface area (TPSA) is 29.9 Å². The van der Waals surface area contributed by atoms with Gasteiger partial charge in [-0.2, -0.15) is 5.10 Å². The molecule has 0 fully saturated rings. The second-order valence-electron chi connectivity index (χ2n) is 4.80. The molecule has 2 aromatic rings. The van der Waals surface area contributed by atoms with Gasteiger partial charge in [0.15, 0.2) is 0 Å². The molecule has 0 radical (unpaired) electrons. The van der Waals surface area contributed by atoms with Crippen molar-refractivity contribution in [2.45, 2.75) is 32.4 Å². The highest BCUT2D eigenvalue weighted by Gasteiger charge is 2.15. The van der Waals surface area contributed by atoms with Crippen LogP contribution in [0.15, 0.2) is 30.6 Å². The Labute approximate surface area is 117 Å². The monoisotopic (exact) mass is 279 g/mol. The van der Waals surface area contributed by atoms with Crippen molar-refractivity contribution in [1.29, 1.82) is 0 Å². The Hall–Kier alpha value is -1.75. The summed E-state index contributed by atoms with van der Waals surface area (Å²) in [6.45, 7) is 2.83. The number of halogens is 2. The molecule has 5 heteroatoms. The molecule has 0 bridgehead atoms. The van der Waals surface area contributed by atoms with E-state index in [0.717, 1.165) is 12.1 Å². The fourth-order valence-electron chi connectivity index (χ4n) is 2.22. The quantitative estimate of drug-likeness (QED) is 0.880. The zero-order valence-corrected chi connectivity index (χ0v) is 11.7. The first kappa shape index (κ1) is 14.7. The SMILES string of the molecule is CCn1cc(CC(Cc2c(F)cccc2F)NC)cn1. The van der Waals surface area contributed by atoms with Gasteiger partial charge in [-0.1, -0.05) is 6.07 Å². The van der Waals surface area contributed by atoms with E-state index in [2.05, 4.69) is 10.4 Å². The first-order valence-electron chi connectivity index (χ1n) is 6.75. The molecule has 108 valence electrons. The van der Waals surface area contributed by atoms with Gasteiger partial charge < -0.3 is 5.32 Å². The van der Waals surface area contributed by atoms with Crippen molar-refractivity contribution in [3.05, 3.63) is 53.4 Å². The summed E-state index contributed by atoms with van der Waals surface area (Å²) < 4.78 is 29.2. The van der Waals surface area contributed by atoms with Crippen molar-refractivity contribution < 1.29 is 8.78 Å². The van der Waals surface area contributed by atoms with Crippen LogP contribution in [-0.2, 0) is 19.4 Å². The molecule has 1 N–H and O–H groups in total. The smallest absolute Gasteiger partial charge is 0.129 e. The number of hydrogen-bond acceptors (Lipinski definition) is 2. The molecule has 0 aliphatic rings. The summed E-state index contributed by atoms with van der Waals surface area (Å²) in [6, 6.07) is 3.94. The van der Waals surface area contributed by atoms with Crippen molar-refractivity contribution >= 4 is 0 Å². The van der Waals surface area contributed by atoms with E-state index in [1.165, 1.54) is 18.2 Å². The highest BCUT2D eigenvalue weighted by Crippen LogP contribution is 2.16. The number of hydrogen-bond donors (Lipinski definition) is 1. The molecule has 3 nitrogen and oxygen atoms in total. The first-order chi connectivity index (χ1) is 9.63. The lowest BCUT2D eigenvalue weighted by Gasteiger charge is -2.16. The molecule has 1 aromatic carbocycles.